The summed E-state index contributed by atoms with van der Waals surface area (Å²) in [7, 11) is 0. The second-order valence-corrected chi connectivity index (χ2v) is 4.34. The van der Waals surface area contributed by atoms with Gasteiger partial charge in [0.15, 0.2) is 0 Å². The summed E-state index contributed by atoms with van der Waals surface area (Å²) in [6, 6.07) is 6.07. The maximum atomic E-state index is 6.17. The van der Waals surface area contributed by atoms with Gasteiger partial charge in [-0.2, -0.15) is 0 Å². The van der Waals surface area contributed by atoms with Gasteiger partial charge < -0.3 is 5.32 Å². The maximum absolute atomic E-state index is 6.17. The number of nitrogens with one attached hydrogen (secondary N) is 1. The number of fused-ring (bicyclic) bond motifs is 1. The van der Waals surface area contributed by atoms with Gasteiger partial charge in [0.2, 0.25) is 0 Å². The first-order chi connectivity index (χ1) is 6.20. The summed E-state index contributed by atoms with van der Waals surface area (Å²) in [5, 5.41) is 4.29. The Balaban J connectivity index is 2.46. The molecule has 2 heteroatoms. The molecule has 1 aromatic carbocycles. The summed E-state index contributed by atoms with van der Waals surface area (Å²) in [5.74, 6) is 1.22. The van der Waals surface area contributed by atoms with Gasteiger partial charge in [-0.25, -0.2) is 0 Å². The topological polar surface area (TPSA) is 12.0 Å². The van der Waals surface area contributed by atoms with E-state index in [4.69, 9.17) is 11.6 Å². The molecule has 1 aliphatic rings. The summed E-state index contributed by atoms with van der Waals surface area (Å²) >= 11 is 6.17. The average Bonchev–Trinajstić information content (AvgIpc) is 2.49. The minimum atomic E-state index is 0.573. The van der Waals surface area contributed by atoms with Crippen LogP contribution in [0.3, 0.4) is 0 Å². The van der Waals surface area contributed by atoms with Crippen LogP contribution in [0.15, 0.2) is 18.2 Å². The molecule has 0 saturated heterocycles. The van der Waals surface area contributed by atoms with Crippen molar-refractivity contribution in [1.82, 2.24) is 0 Å². The fourth-order valence-electron chi connectivity index (χ4n) is 1.96. The van der Waals surface area contributed by atoms with Gasteiger partial charge in [-0.3, -0.25) is 0 Å². The van der Waals surface area contributed by atoms with Crippen molar-refractivity contribution < 1.29 is 0 Å². The zero-order valence-corrected chi connectivity index (χ0v) is 8.73. The quantitative estimate of drug-likeness (QED) is 0.723. The molecule has 0 amide bonds. The third-order valence-corrected chi connectivity index (χ3v) is 3.07. The van der Waals surface area contributed by atoms with Gasteiger partial charge in [0.1, 0.15) is 0 Å². The molecule has 0 saturated carbocycles. The van der Waals surface area contributed by atoms with E-state index in [1.165, 1.54) is 11.3 Å². The van der Waals surface area contributed by atoms with Crippen molar-refractivity contribution in [2.75, 3.05) is 11.9 Å². The van der Waals surface area contributed by atoms with Crippen molar-refractivity contribution in [3.8, 4) is 0 Å². The summed E-state index contributed by atoms with van der Waals surface area (Å²) < 4.78 is 0. The molecule has 0 fully saturated rings. The molecule has 1 unspecified atom stereocenters. The zero-order valence-electron chi connectivity index (χ0n) is 7.97. The number of anilines is 1. The van der Waals surface area contributed by atoms with Crippen molar-refractivity contribution >= 4 is 17.3 Å². The molecule has 0 aliphatic carbocycles. The van der Waals surface area contributed by atoms with Crippen LogP contribution < -0.4 is 5.32 Å². The second-order valence-electron chi connectivity index (χ2n) is 3.93. The summed E-state index contributed by atoms with van der Waals surface area (Å²) in [6.07, 6.45) is 0. The molecule has 1 aliphatic heterocycles. The van der Waals surface area contributed by atoms with Crippen LogP contribution in [0, 0.1) is 5.92 Å². The van der Waals surface area contributed by atoms with Crippen molar-refractivity contribution in [2.45, 2.75) is 19.8 Å². The van der Waals surface area contributed by atoms with Crippen LogP contribution in [0.2, 0.25) is 5.02 Å². The van der Waals surface area contributed by atoms with Crippen molar-refractivity contribution in [3.63, 3.8) is 0 Å². The Morgan fingerprint density at radius 1 is 1.46 bits per heavy atom. The number of benzene rings is 1. The summed E-state index contributed by atoms with van der Waals surface area (Å²) in [6.45, 7) is 5.51. The van der Waals surface area contributed by atoms with E-state index in [0.29, 0.717) is 11.8 Å². The third-order valence-electron chi connectivity index (χ3n) is 2.74. The van der Waals surface area contributed by atoms with Crippen LogP contribution in [0.5, 0.6) is 0 Å². The Hall–Kier alpha value is -0.690. The van der Waals surface area contributed by atoms with E-state index in [1.807, 2.05) is 12.1 Å². The first-order valence-corrected chi connectivity index (χ1v) is 5.10. The molecular formula is C11H14ClN. The van der Waals surface area contributed by atoms with Crippen molar-refractivity contribution in [2.24, 2.45) is 5.92 Å². The fraction of sp³-hybridized carbons (Fsp3) is 0.455. The normalized spacial score (nSPS) is 20.2. The van der Waals surface area contributed by atoms with Crippen molar-refractivity contribution in [1.29, 1.82) is 0 Å². The van der Waals surface area contributed by atoms with E-state index >= 15 is 0 Å². The minimum absolute atomic E-state index is 0.573. The van der Waals surface area contributed by atoms with Gasteiger partial charge in [-0.1, -0.05) is 31.5 Å². The molecule has 0 aromatic heterocycles. The van der Waals surface area contributed by atoms with E-state index in [0.717, 1.165) is 11.6 Å². The Labute approximate surface area is 84.1 Å². The average molecular weight is 196 g/mol. The molecule has 1 heterocycles. The summed E-state index contributed by atoms with van der Waals surface area (Å²) in [4.78, 5) is 0. The largest absolute Gasteiger partial charge is 0.384 e. The minimum Gasteiger partial charge on any atom is -0.384 e. The van der Waals surface area contributed by atoms with Gasteiger partial charge in [0.25, 0.3) is 0 Å². The first kappa shape index (κ1) is 8.89. The predicted octanol–water partition coefficient (Wildman–Crippen LogP) is 3.51. The smallest absolute Gasteiger partial charge is 0.0462 e. The molecule has 1 atom stereocenters. The lowest BCUT2D eigenvalue weighted by Crippen LogP contribution is -2.08. The van der Waals surface area contributed by atoms with E-state index in [2.05, 4.69) is 25.2 Å². The van der Waals surface area contributed by atoms with E-state index in [-0.39, 0.29) is 0 Å². The molecule has 0 bridgehead atoms. The molecule has 13 heavy (non-hydrogen) atoms. The molecule has 70 valence electrons. The van der Waals surface area contributed by atoms with E-state index in [9.17, 15) is 0 Å². The Kier molecular flexibility index (Phi) is 2.20. The molecular weight excluding hydrogens is 182 g/mol. The van der Waals surface area contributed by atoms with Crippen LogP contribution in [0.25, 0.3) is 0 Å². The second kappa shape index (κ2) is 3.22. The van der Waals surface area contributed by atoms with Gasteiger partial charge in [-0.15, -0.1) is 0 Å². The highest BCUT2D eigenvalue weighted by atomic mass is 35.5. The van der Waals surface area contributed by atoms with Crippen LogP contribution in [-0.2, 0) is 0 Å². The molecule has 1 aromatic rings. The van der Waals surface area contributed by atoms with Crippen molar-refractivity contribution in [3.05, 3.63) is 28.8 Å². The number of hydrogen-bond donors (Lipinski definition) is 1. The maximum Gasteiger partial charge on any atom is 0.0462 e. The van der Waals surface area contributed by atoms with Crippen LogP contribution in [-0.4, -0.2) is 6.54 Å². The molecule has 1 nitrogen and oxygen atoms in total. The Morgan fingerprint density at radius 2 is 2.23 bits per heavy atom. The number of rotatable bonds is 1. The lowest BCUT2D eigenvalue weighted by Gasteiger charge is -2.15. The highest BCUT2D eigenvalue weighted by molar-refractivity contribution is 6.32. The van der Waals surface area contributed by atoms with Gasteiger partial charge in [0, 0.05) is 23.2 Å². The number of hydrogen-bond acceptors (Lipinski definition) is 1. The van der Waals surface area contributed by atoms with Gasteiger partial charge >= 0.3 is 0 Å². The van der Waals surface area contributed by atoms with E-state index < -0.39 is 0 Å². The van der Waals surface area contributed by atoms with Gasteiger partial charge in [0.05, 0.1) is 0 Å². The lowest BCUT2D eigenvalue weighted by atomic mass is 9.90. The van der Waals surface area contributed by atoms with E-state index in [1.54, 1.807) is 0 Å². The van der Waals surface area contributed by atoms with Crippen LogP contribution in [0.1, 0.15) is 25.3 Å². The Morgan fingerprint density at radius 3 is 2.92 bits per heavy atom. The molecule has 0 radical (unpaired) electrons. The highest BCUT2D eigenvalue weighted by Gasteiger charge is 2.26. The van der Waals surface area contributed by atoms with Crippen LogP contribution in [0.4, 0.5) is 5.69 Å². The zero-order chi connectivity index (χ0) is 9.42. The lowest BCUT2D eigenvalue weighted by molar-refractivity contribution is 0.533. The monoisotopic (exact) mass is 195 g/mol. The first-order valence-electron chi connectivity index (χ1n) is 4.72. The third kappa shape index (κ3) is 1.42. The molecule has 1 N–H and O–H groups in total. The predicted molar refractivity (Wildman–Crippen MR) is 57.5 cm³/mol. The van der Waals surface area contributed by atoms with Gasteiger partial charge in [-0.05, 0) is 23.6 Å². The Bertz CT molecular complexity index is 320. The number of halogens is 1. The standard InChI is InChI=1S/C11H14ClN/c1-7(2)8-6-13-10-5-3-4-9(12)11(8)10/h3-5,7-8,13H,6H2,1-2H3. The molecule has 0 spiro atoms. The SMILES string of the molecule is CC(C)C1CNc2cccc(Cl)c21. The summed E-state index contributed by atoms with van der Waals surface area (Å²) in [5.41, 5.74) is 2.52. The highest BCUT2D eigenvalue weighted by Crippen LogP contribution is 2.40. The van der Waals surface area contributed by atoms with Crippen LogP contribution >= 0.6 is 11.6 Å². The molecule has 2 rings (SSSR count). The fourth-order valence-corrected chi connectivity index (χ4v) is 2.27.